The fourth-order valence-electron chi connectivity index (χ4n) is 2.14. The maximum atomic E-state index is 13.6. The van der Waals surface area contributed by atoms with Crippen LogP contribution < -0.4 is 0 Å². The normalized spacial score (nSPS) is 11.5. The predicted molar refractivity (Wildman–Crippen MR) is 80.9 cm³/mol. The molecule has 0 spiro atoms. The fraction of sp³-hybridized carbons (Fsp3) is 0.500. The van der Waals surface area contributed by atoms with E-state index in [1.54, 1.807) is 25.3 Å². The zero-order chi connectivity index (χ0) is 15.9. The number of rotatable bonds is 8. The standard InChI is InChI=1S/C16H22FN3O2/c1-12(2)20(8-9-21-3)11-16-18-15(19-22-16)10-13-6-4-5-7-14(13)17/h4-7,12H,8-11H2,1-3H3. The molecule has 0 saturated carbocycles. The molecule has 22 heavy (non-hydrogen) atoms. The third-order valence-electron chi connectivity index (χ3n) is 3.47. The van der Waals surface area contributed by atoms with Crippen molar-refractivity contribution in [3.05, 3.63) is 47.4 Å². The van der Waals surface area contributed by atoms with Gasteiger partial charge in [0.1, 0.15) is 5.82 Å². The second-order valence-corrected chi connectivity index (χ2v) is 5.43. The van der Waals surface area contributed by atoms with Gasteiger partial charge in [0, 0.05) is 26.1 Å². The third-order valence-corrected chi connectivity index (χ3v) is 3.47. The summed E-state index contributed by atoms with van der Waals surface area (Å²) in [6.07, 6.45) is 0.329. The van der Waals surface area contributed by atoms with Gasteiger partial charge in [0.05, 0.1) is 13.2 Å². The molecule has 0 unspecified atom stereocenters. The molecule has 0 aliphatic heterocycles. The molecular formula is C16H22FN3O2. The van der Waals surface area contributed by atoms with Gasteiger partial charge in [-0.15, -0.1) is 0 Å². The SMILES string of the molecule is COCCN(Cc1nc(Cc2ccccc2F)no1)C(C)C. The summed E-state index contributed by atoms with van der Waals surface area (Å²) in [6, 6.07) is 6.96. The van der Waals surface area contributed by atoms with Crippen molar-refractivity contribution < 1.29 is 13.7 Å². The van der Waals surface area contributed by atoms with Gasteiger partial charge < -0.3 is 9.26 Å². The molecule has 1 aromatic carbocycles. The van der Waals surface area contributed by atoms with Gasteiger partial charge in [0.2, 0.25) is 5.89 Å². The van der Waals surface area contributed by atoms with Gasteiger partial charge in [0.25, 0.3) is 0 Å². The highest BCUT2D eigenvalue weighted by atomic mass is 19.1. The summed E-state index contributed by atoms with van der Waals surface area (Å²) in [5.41, 5.74) is 0.565. The summed E-state index contributed by atoms with van der Waals surface area (Å²) in [5.74, 6) is 0.782. The Labute approximate surface area is 130 Å². The largest absolute Gasteiger partial charge is 0.383 e. The van der Waals surface area contributed by atoms with Crippen LogP contribution in [-0.2, 0) is 17.7 Å². The molecule has 2 rings (SSSR count). The number of methoxy groups -OCH3 is 1. The van der Waals surface area contributed by atoms with Crippen molar-refractivity contribution in [1.29, 1.82) is 0 Å². The lowest BCUT2D eigenvalue weighted by atomic mass is 10.1. The number of halogens is 1. The van der Waals surface area contributed by atoms with E-state index >= 15 is 0 Å². The molecule has 0 aliphatic rings. The lowest BCUT2D eigenvalue weighted by Gasteiger charge is -2.24. The second kappa shape index (κ2) is 8.00. The lowest BCUT2D eigenvalue weighted by molar-refractivity contribution is 0.115. The van der Waals surface area contributed by atoms with Crippen molar-refractivity contribution in [2.75, 3.05) is 20.3 Å². The maximum absolute atomic E-state index is 13.6. The average Bonchev–Trinajstić information content (AvgIpc) is 2.93. The van der Waals surface area contributed by atoms with Gasteiger partial charge >= 0.3 is 0 Å². The zero-order valence-corrected chi connectivity index (χ0v) is 13.3. The minimum Gasteiger partial charge on any atom is -0.383 e. The monoisotopic (exact) mass is 307 g/mol. The van der Waals surface area contributed by atoms with E-state index in [0.29, 0.717) is 42.9 Å². The Morgan fingerprint density at radius 1 is 1.32 bits per heavy atom. The van der Waals surface area contributed by atoms with Gasteiger partial charge in [-0.05, 0) is 25.5 Å². The van der Waals surface area contributed by atoms with Crippen molar-refractivity contribution in [3.8, 4) is 0 Å². The van der Waals surface area contributed by atoms with Crippen LogP contribution in [0.3, 0.4) is 0 Å². The Kier molecular flexibility index (Phi) is 6.03. The molecule has 120 valence electrons. The van der Waals surface area contributed by atoms with Crippen molar-refractivity contribution in [2.24, 2.45) is 0 Å². The molecular weight excluding hydrogens is 285 g/mol. The summed E-state index contributed by atoms with van der Waals surface area (Å²) >= 11 is 0. The Morgan fingerprint density at radius 3 is 2.77 bits per heavy atom. The van der Waals surface area contributed by atoms with E-state index in [0.717, 1.165) is 6.54 Å². The molecule has 1 heterocycles. The van der Waals surface area contributed by atoms with Crippen LogP contribution in [0.4, 0.5) is 4.39 Å². The minimum atomic E-state index is -0.252. The number of ether oxygens (including phenoxy) is 1. The van der Waals surface area contributed by atoms with Crippen LogP contribution in [0.25, 0.3) is 0 Å². The molecule has 0 amide bonds. The highest BCUT2D eigenvalue weighted by Crippen LogP contribution is 2.12. The molecule has 0 radical (unpaired) electrons. The second-order valence-electron chi connectivity index (χ2n) is 5.43. The smallest absolute Gasteiger partial charge is 0.240 e. The van der Waals surface area contributed by atoms with E-state index in [1.807, 2.05) is 0 Å². The van der Waals surface area contributed by atoms with Crippen molar-refractivity contribution >= 4 is 0 Å². The van der Waals surface area contributed by atoms with Crippen LogP contribution >= 0.6 is 0 Å². The van der Waals surface area contributed by atoms with Crippen molar-refractivity contribution in [2.45, 2.75) is 32.9 Å². The van der Waals surface area contributed by atoms with Gasteiger partial charge in [-0.3, -0.25) is 4.90 Å². The summed E-state index contributed by atoms with van der Waals surface area (Å²) in [5, 5.41) is 3.93. The van der Waals surface area contributed by atoms with E-state index < -0.39 is 0 Å². The fourth-order valence-corrected chi connectivity index (χ4v) is 2.14. The van der Waals surface area contributed by atoms with Crippen LogP contribution in [0, 0.1) is 5.82 Å². The molecule has 0 fully saturated rings. The zero-order valence-electron chi connectivity index (χ0n) is 13.3. The van der Waals surface area contributed by atoms with E-state index in [-0.39, 0.29) is 5.82 Å². The first kappa shape index (κ1) is 16.6. The first-order chi connectivity index (χ1) is 10.6. The quantitative estimate of drug-likeness (QED) is 0.750. The average molecular weight is 307 g/mol. The number of nitrogens with zero attached hydrogens (tertiary/aromatic N) is 3. The van der Waals surface area contributed by atoms with Crippen LogP contribution in [0.2, 0.25) is 0 Å². The van der Waals surface area contributed by atoms with Crippen LogP contribution in [0.1, 0.15) is 31.1 Å². The van der Waals surface area contributed by atoms with Gasteiger partial charge in [0.15, 0.2) is 5.82 Å². The van der Waals surface area contributed by atoms with Crippen LogP contribution in [-0.4, -0.2) is 41.3 Å². The van der Waals surface area contributed by atoms with Crippen LogP contribution in [0.15, 0.2) is 28.8 Å². The van der Waals surface area contributed by atoms with Gasteiger partial charge in [-0.25, -0.2) is 4.39 Å². The van der Waals surface area contributed by atoms with E-state index in [9.17, 15) is 4.39 Å². The third kappa shape index (κ3) is 4.61. The number of aromatic nitrogens is 2. The molecule has 0 atom stereocenters. The topological polar surface area (TPSA) is 51.4 Å². The Hall–Kier alpha value is -1.79. The number of benzene rings is 1. The maximum Gasteiger partial charge on any atom is 0.240 e. The van der Waals surface area contributed by atoms with E-state index in [1.165, 1.54) is 6.07 Å². The molecule has 0 saturated heterocycles. The van der Waals surface area contributed by atoms with Crippen molar-refractivity contribution in [1.82, 2.24) is 15.0 Å². The van der Waals surface area contributed by atoms with E-state index in [4.69, 9.17) is 9.26 Å². The molecule has 5 nitrogen and oxygen atoms in total. The molecule has 0 bridgehead atoms. The Bertz CT molecular complexity index is 586. The minimum absolute atomic E-state index is 0.252. The number of hydrogen-bond acceptors (Lipinski definition) is 5. The molecule has 0 N–H and O–H groups in total. The molecule has 2 aromatic rings. The highest BCUT2D eigenvalue weighted by Gasteiger charge is 2.15. The highest BCUT2D eigenvalue weighted by molar-refractivity contribution is 5.20. The Balaban J connectivity index is 2.00. The first-order valence-electron chi connectivity index (χ1n) is 7.38. The lowest BCUT2D eigenvalue weighted by Crippen LogP contribution is -2.33. The van der Waals surface area contributed by atoms with Crippen LogP contribution in [0.5, 0.6) is 0 Å². The summed E-state index contributed by atoms with van der Waals surface area (Å²) in [4.78, 5) is 6.53. The van der Waals surface area contributed by atoms with Crippen molar-refractivity contribution in [3.63, 3.8) is 0 Å². The van der Waals surface area contributed by atoms with E-state index in [2.05, 4.69) is 28.9 Å². The summed E-state index contributed by atoms with van der Waals surface area (Å²) in [6.45, 7) is 6.21. The predicted octanol–water partition coefficient (Wildman–Crippen LogP) is 2.66. The number of hydrogen-bond donors (Lipinski definition) is 0. The summed E-state index contributed by atoms with van der Waals surface area (Å²) < 4.78 is 24.0. The summed E-state index contributed by atoms with van der Waals surface area (Å²) in [7, 11) is 1.68. The molecule has 1 aromatic heterocycles. The van der Waals surface area contributed by atoms with Gasteiger partial charge in [-0.1, -0.05) is 23.4 Å². The molecule has 6 heteroatoms. The molecule has 0 aliphatic carbocycles. The Morgan fingerprint density at radius 2 is 2.09 bits per heavy atom. The first-order valence-corrected chi connectivity index (χ1v) is 7.38. The van der Waals surface area contributed by atoms with Gasteiger partial charge in [-0.2, -0.15) is 4.98 Å².